The minimum atomic E-state index is -4.76. The van der Waals surface area contributed by atoms with Crippen LogP contribution in [0.15, 0.2) is 20.2 Å². The summed E-state index contributed by atoms with van der Waals surface area (Å²) in [6.07, 6.45) is 0. The summed E-state index contributed by atoms with van der Waals surface area (Å²) in [5, 5.41) is -0.0471. The SMILES string of the molecule is CC(=O)c1c(C)c2c(ON)c(S(=O)(=O)O)c(N)cc2oc1=O. The van der Waals surface area contributed by atoms with Crippen LogP contribution in [-0.2, 0) is 10.1 Å². The zero-order valence-electron chi connectivity index (χ0n) is 11.5. The van der Waals surface area contributed by atoms with E-state index in [9.17, 15) is 22.6 Å². The Kier molecular flexibility index (Phi) is 3.69. The quantitative estimate of drug-likeness (QED) is 0.237. The van der Waals surface area contributed by atoms with Crippen LogP contribution in [-0.4, -0.2) is 18.8 Å². The van der Waals surface area contributed by atoms with Crippen LogP contribution in [0.2, 0.25) is 0 Å². The zero-order chi connectivity index (χ0) is 16.8. The molecule has 1 aromatic heterocycles. The Hall–Kier alpha value is -2.43. The van der Waals surface area contributed by atoms with E-state index in [1.165, 1.54) is 6.92 Å². The number of aryl methyl sites for hydroxylation is 1. The zero-order valence-corrected chi connectivity index (χ0v) is 12.4. The van der Waals surface area contributed by atoms with Gasteiger partial charge in [-0.25, -0.2) is 4.79 Å². The summed E-state index contributed by atoms with van der Waals surface area (Å²) in [6.45, 7) is 2.54. The molecule has 2 aromatic rings. The normalized spacial score (nSPS) is 11.6. The first-order valence-corrected chi connectivity index (χ1v) is 7.28. The highest BCUT2D eigenvalue weighted by molar-refractivity contribution is 7.86. The number of rotatable bonds is 3. The van der Waals surface area contributed by atoms with E-state index in [0.717, 1.165) is 13.0 Å². The van der Waals surface area contributed by atoms with Crippen molar-refractivity contribution in [3.63, 3.8) is 0 Å². The number of nitrogen functional groups attached to an aromatic ring is 1. The summed E-state index contributed by atoms with van der Waals surface area (Å²) >= 11 is 0. The molecule has 0 bridgehead atoms. The maximum Gasteiger partial charge on any atom is 0.347 e. The topological polar surface area (TPSA) is 163 Å². The minimum absolute atomic E-state index is 0.0471. The number of hydrogen-bond donors (Lipinski definition) is 3. The number of nitrogens with two attached hydrogens (primary N) is 2. The van der Waals surface area contributed by atoms with Crippen molar-refractivity contribution >= 4 is 32.6 Å². The van der Waals surface area contributed by atoms with Crippen LogP contribution in [0.4, 0.5) is 5.69 Å². The molecule has 0 aliphatic rings. The Morgan fingerprint density at radius 1 is 1.41 bits per heavy atom. The molecule has 2 rings (SSSR count). The van der Waals surface area contributed by atoms with Crippen LogP contribution in [0.1, 0.15) is 22.8 Å². The van der Waals surface area contributed by atoms with Gasteiger partial charge in [-0.15, -0.1) is 0 Å². The van der Waals surface area contributed by atoms with Crippen molar-refractivity contribution in [2.45, 2.75) is 18.7 Å². The maximum atomic E-state index is 11.8. The molecule has 0 saturated heterocycles. The van der Waals surface area contributed by atoms with Gasteiger partial charge in [0.2, 0.25) is 0 Å². The number of carbonyl (C=O) groups is 1. The highest BCUT2D eigenvalue weighted by Crippen LogP contribution is 2.38. The van der Waals surface area contributed by atoms with Crippen LogP contribution in [0.3, 0.4) is 0 Å². The first kappa shape index (κ1) is 15.9. The molecule has 0 atom stereocenters. The molecular weight excluding hydrogens is 316 g/mol. The Morgan fingerprint density at radius 3 is 2.45 bits per heavy atom. The van der Waals surface area contributed by atoms with Gasteiger partial charge in [0.25, 0.3) is 10.1 Å². The van der Waals surface area contributed by atoms with Gasteiger partial charge >= 0.3 is 5.63 Å². The fourth-order valence-corrected chi connectivity index (χ4v) is 3.03. The van der Waals surface area contributed by atoms with Gasteiger partial charge in [-0.3, -0.25) is 9.35 Å². The summed E-state index contributed by atoms with van der Waals surface area (Å²) in [6, 6.07) is 1.03. The average Bonchev–Trinajstić information content (AvgIpc) is 2.34. The number of anilines is 1. The average molecular weight is 328 g/mol. The summed E-state index contributed by atoms with van der Waals surface area (Å²) < 4.78 is 37.1. The van der Waals surface area contributed by atoms with Gasteiger partial charge in [0, 0.05) is 6.07 Å². The molecule has 0 aliphatic carbocycles. The van der Waals surface area contributed by atoms with E-state index < -0.39 is 37.9 Å². The second-order valence-electron chi connectivity index (χ2n) is 4.54. The lowest BCUT2D eigenvalue weighted by Gasteiger charge is -2.13. The molecular formula is C12H12N2O7S. The summed E-state index contributed by atoms with van der Waals surface area (Å²) in [4.78, 5) is 27.1. The van der Waals surface area contributed by atoms with Crippen molar-refractivity contribution in [1.82, 2.24) is 0 Å². The second-order valence-corrected chi connectivity index (χ2v) is 5.89. The Labute approximate surface area is 124 Å². The monoisotopic (exact) mass is 328 g/mol. The third-order valence-corrected chi connectivity index (χ3v) is 4.05. The molecule has 118 valence electrons. The lowest BCUT2D eigenvalue weighted by Crippen LogP contribution is -2.17. The van der Waals surface area contributed by atoms with Gasteiger partial charge in [-0.1, -0.05) is 0 Å². The Morgan fingerprint density at radius 2 is 2.00 bits per heavy atom. The van der Waals surface area contributed by atoms with Gasteiger partial charge < -0.3 is 15.0 Å². The van der Waals surface area contributed by atoms with Crippen molar-refractivity contribution in [1.29, 1.82) is 0 Å². The smallest absolute Gasteiger partial charge is 0.347 e. The van der Waals surface area contributed by atoms with Crippen LogP contribution in [0.25, 0.3) is 11.0 Å². The molecule has 0 spiro atoms. The summed E-state index contributed by atoms with van der Waals surface area (Å²) in [5.41, 5.74) is 3.91. The van der Waals surface area contributed by atoms with Crippen molar-refractivity contribution in [3.05, 3.63) is 27.6 Å². The molecule has 22 heavy (non-hydrogen) atoms. The van der Waals surface area contributed by atoms with Crippen molar-refractivity contribution in [3.8, 4) is 5.75 Å². The maximum absolute atomic E-state index is 11.8. The Bertz CT molecular complexity index is 960. The van der Waals surface area contributed by atoms with E-state index in [2.05, 4.69) is 4.84 Å². The number of ketones is 1. The van der Waals surface area contributed by atoms with Crippen molar-refractivity contribution in [2.75, 3.05) is 5.73 Å². The fraction of sp³-hybridized carbons (Fsp3) is 0.167. The fourth-order valence-electron chi connectivity index (χ4n) is 2.29. The molecule has 0 aliphatic heterocycles. The molecule has 0 fully saturated rings. The third kappa shape index (κ3) is 2.32. The predicted octanol–water partition coefficient (Wildman–Crippen LogP) is 0.385. The molecule has 5 N–H and O–H groups in total. The standard InChI is InChI=1S/C12H12N2O7S/c1-4-8(5(2)15)12(16)20-7-3-6(13)11(22(17,18)19)10(21-14)9(4)7/h3H,13-14H2,1-2H3,(H,17,18,19). The molecule has 1 aromatic carbocycles. The van der Waals surface area contributed by atoms with Crippen LogP contribution >= 0.6 is 0 Å². The summed E-state index contributed by atoms with van der Waals surface area (Å²) in [7, 11) is -4.76. The largest absolute Gasteiger partial charge is 0.422 e. The van der Waals surface area contributed by atoms with Gasteiger partial charge in [-0.05, 0) is 19.4 Å². The predicted molar refractivity (Wildman–Crippen MR) is 76.3 cm³/mol. The van der Waals surface area contributed by atoms with E-state index in [1.54, 1.807) is 0 Å². The molecule has 0 radical (unpaired) electrons. The third-order valence-electron chi connectivity index (χ3n) is 3.11. The number of Topliss-reactive ketones (excluding diaryl/α,β-unsaturated/α-hetero) is 1. The van der Waals surface area contributed by atoms with E-state index in [4.69, 9.17) is 16.0 Å². The van der Waals surface area contributed by atoms with Crippen molar-refractivity contribution in [2.24, 2.45) is 5.90 Å². The lowest BCUT2D eigenvalue weighted by atomic mass is 10.0. The summed E-state index contributed by atoms with van der Waals surface area (Å²) in [5.74, 6) is 3.98. The number of fused-ring (bicyclic) bond motifs is 1. The van der Waals surface area contributed by atoms with E-state index in [-0.39, 0.29) is 22.1 Å². The molecule has 9 nitrogen and oxygen atoms in total. The van der Waals surface area contributed by atoms with Crippen LogP contribution in [0.5, 0.6) is 5.75 Å². The molecule has 0 unspecified atom stereocenters. The van der Waals surface area contributed by atoms with Crippen LogP contribution < -0.4 is 22.1 Å². The van der Waals surface area contributed by atoms with Gasteiger partial charge in [0.15, 0.2) is 16.4 Å². The lowest BCUT2D eigenvalue weighted by molar-refractivity contribution is 0.101. The van der Waals surface area contributed by atoms with E-state index in [0.29, 0.717) is 0 Å². The van der Waals surface area contributed by atoms with Crippen LogP contribution in [0, 0.1) is 6.92 Å². The highest BCUT2D eigenvalue weighted by atomic mass is 32.2. The highest BCUT2D eigenvalue weighted by Gasteiger charge is 2.27. The van der Waals surface area contributed by atoms with Gasteiger partial charge in [0.05, 0.1) is 11.1 Å². The minimum Gasteiger partial charge on any atom is -0.422 e. The van der Waals surface area contributed by atoms with Gasteiger partial charge in [0.1, 0.15) is 11.1 Å². The van der Waals surface area contributed by atoms with E-state index >= 15 is 0 Å². The number of benzene rings is 1. The molecule has 10 heteroatoms. The first-order valence-electron chi connectivity index (χ1n) is 5.84. The number of hydrogen-bond acceptors (Lipinski definition) is 8. The van der Waals surface area contributed by atoms with Crippen molar-refractivity contribution < 1.29 is 27.0 Å². The number of carbonyl (C=O) groups excluding carboxylic acids is 1. The second kappa shape index (κ2) is 5.09. The first-order chi connectivity index (χ1) is 10.1. The van der Waals surface area contributed by atoms with E-state index in [1.807, 2.05) is 0 Å². The molecule has 0 saturated carbocycles. The molecule has 0 amide bonds. The van der Waals surface area contributed by atoms with Gasteiger partial charge in [-0.2, -0.15) is 14.3 Å². The Balaban J connectivity index is 3.17. The molecule has 1 heterocycles.